The maximum absolute atomic E-state index is 12.7. The van der Waals surface area contributed by atoms with E-state index in [9.17, 15) is 13.2 Å². The minimum atomic E-state index is -3.84. The molecular weight excluding hydrogens is 376 g/mol. The summed E-state index contributed by atoms with van der Waals surface area (Å²) < 4.78 is 37.8. The molecule has 0 aliphatic heterocycles. The molecule has 9 heteroatoms. The largest absolute Gasteiger partial charge is 0.495 e. The number of hydrogen-bond acceptors (Lipinski definition) is 6. The van der Waals surface area contributed by atoms with Crippen molar-refractivity contribution >= 4 is 39.3 Å². The van der Waals surface area contributed by atoms with E-state index in [1.54, 1.807) is 25.1 Å². The predicted molar refractivity (Wildman–Crippen MR) is 103 cm³/mol. The summed E-state index contributed by atoms with van der Waals surface area (Å²) in [5.41, 5.74) is 0.652. The van der Waals surface area contributed by atoms with Crippen LogP contribution >= 0.6 is 11.8 Å². The number of benzene rings is 2. The molecule has 0 heterocycles. The third-order valence-corrected chi connectivity index (χ3v) is 5.42. The van der Waals surface area contributed by atoms with Gasteiger partial charge >= 0.3 is 6.09 Å². The van der Waals surface area contributed by atoms with Gasteiger partial charge in [-0.1, -0.05) is 6.07 Å². The second-order valence-corrected chi connectivity index (χ2v) is 7.61. The number of carbonyl (C=O) groups is 1. The average molecular weight is 396 g/mol. The van der Waals surface area contributed by atoms with Crippen molar-refractivity contribution in [2.24, 2.45) is 0 Å². The fourth-order valence-electron chi connectivity index (χ4n) is 2.13. The smallest absolute Gasteiger partial charge is 0.411 e. The first-order valence-corrected chi connectivity index (χ1v) is 10.4. The molecule has 0 aliphatic carbocycles. The van der Waals surface area contributed by atoms with Crippen molar-refractivity contribution in [3.8, 4) is 5.75 Å². The van der Waals surface area contributed by atoms with Crippen LogP contribution in [0.1, 0.15) is 6.92 Å². The molecule has 7 nitrogen and oxygen atoms in total. The average Bonchev–Trinajstić information content (AvgIpc) is 2.61. The molecule has 2 aromatic carbocycles. The lowest BCUT2D eigenvalue weighted by molar-refractivity contribution is 0.168. The van der Waals surface area contributed by atoms with Gasteiger partial charge in [-0.15, -0.1) is 11.8 Å². The van der Waals surface area contributed by atoms with E-state index in [1.807, 2.05) is 12.3 Å². The first kappa shape index (κ1) is 19.9. The molecule has 0 atom stereocenters. The van der Waals surface area contributed by atoms with Gasteiger partial charge in [0.05, 0.1) is 24.3 Å². The molecule has 0 saturated heterocycles. The van der Waals surface area contributed by atoms with E-state index in [1.165, 1.54) is 37.1 Å². The number of rotatable bonds is 7. The Kier molecular flexibility index (Phi) is 6.76. The maximum Gasteiger partial charge on any atom is 0.411 e. The molecule has 0 radical (unpaired) electrons. The second kappa shape index (κ2) is 8.81. The Morgan fingerprint density at radius 3 is 2.62 bits per heavy atom. The summed E-state index contributed by atoms with van der Waals surface area (Å²) in [7, 11) is -2.42. The fraction of sp³-hybridized carbons (Fsp3) is 0.235. The van der Waals surface area contributed by atoms with Crippen molar-refractivity contribution in [1.29, 1.82) is 0 Å². The first-order valence-electron chi connectivity index (χ1n) is 7.68. The molecule has 1 amide bonds. The van der Waals surface area contributed by atoms with Crippen molar-refractivity contribution in [1.82, 2.24) is 0 Å². The summed E-state index contributed by atoms with van der Waals surface area (Å²) in [5.74, 6) is 0.321. The number of ether oxygens (including phenoxy) is 2. The number of methoxy groups -OCH3 is 1. The zero-order chi connectivity index (χ0) is 19.2. The molecule has 26 heavy (non-hydrogen) atoms. The third kappa shape index (κ3) is 5.06. The molecule has 0 aromatic heterocycles. The van der Waals surface area contributed by atoms with Crippen molar-refractivity contribution in [3.05, 3.63) is 42.5 Å². The Morgan fingerprint density at radius 1 is 1.19 bits per heavy atom. The van der Waals surface area contributed by atoms with Crippen LogP contribution in [0.4, 0.5) is 16.2 Å². The number of thioether (sulfide) groups is 1. The van der Waals surface area contributed by atoms with Crippen LogP contribution in [-0.2, 0) is 14.8 Å². The van der Waals surface area contributed by atoms with Crippen LogP contribution < -0.4 is 14.8 Å². The van der Waals surface area contributed by atoms with E-state index in [0.717, 1.165) is 4.90 Å². The molecule has 2 aromatic rings. The van der Waals surface area contributed by atoms with Crippen molar-refractivity contribution in [3.63, 3.8) is 0 Å². The highest BCUT2D eigenvalue weighted by Crippen LogP contribution is 2.29. The van der Waals surface area contributed by atoms with Gasteiger partial charge in [-0.05, 0) is 49.6 Å². The number of nitrogens with one attached hydrogen (secondary N) is 2. The molecule has 0 fully saturated rings. The standard InChI is InChI=1S/C17H20N2O5S2/c1-4-24-17(20)18-15-11-14(8-9-16(15)23-2)26(21,22)19-12-6-5-7-13(10-12)25-3/h5-11,19H,4H2,1-3H3,(H,18,20). The van der Waals surface area contributed by atoms with Crippen molar-refractivity contribution < 1.29 is 22.7 Å². The Bertz CT molecular complexity index is 884. The Morgan fingerprint density at radius 2 is 1.96 bits per heavy atom. The van der Waals surface area contributed by atoms with Crippen LogP contribution in [-0.4, -0.2) is 34.5 Å². The maximum atomic E-state index is 12.7. The summed E-state index contributed by atoms with van der Waals surface area (Å²) in [6.07, 6.45) is 1.21. The summed E-state index contributed by atoms with van der Waals surface area (Å²) in [6, 6.07) is 11.2. The quantitative estimate of drug-likeness (QED) is 0.692. The Labute approximate surface area is 157 Å². The predicted octanol–water partition coefficient (Wildman–Crippen LogP) is 3.79. The van der Waals surface area contributed by atoms with Gasteiger partial charge in [0, 0.05) is 10.6 Å². The first-order chi connectivity index (χ1) is 12.4. The van der Waals surface area contributed by atoms with Gasteiger partial charge in [-0.25, -0.2) is 13.2 Å². The van der Waals surface area contributed by atoms with E-state index in [2.05, 4.69) is 10.0 Å². The van der Waals surface area contributed by atoms with Gasteiger partial charge in [-0.3, -0.25) is 10.0 Å². The van der Waals surface area contributed by atoms with Crippen LogP contribution in [0.25, 0.3) is 0 Å². The molecule has 0 spiro atoms. The molecule has 0 unspecified atom stereocenters. The van der Waals surface area contributed by atoms with E-state index < -0.39 is 16.1 Å². The normalized spacial score (nSPS) is 10.9. The highest BCUT2D eigenvalue weighted by molar-refractivity contribution is 7.98. The molecular formula is C17H20N2O5S2. The summed E-state index contributed by atoms with van der Waals surface area (Å²) in [4.78, 5) is 12.6. The fourth-order valence-corrected chi connectivity index (χ4v) is 3.66. The van der Waals surface area contributed by atoms with E-state index >= 15 is 0 Å². The highest BCUT2D eigenvalue weighted by atomic mass is 32.2. The molecule has 0 bridgehead atoms. The molecule has 140 valence electrons. The van der Waals surface area contributed by atoms with E-state index in [0.29, 0.717) is 11.4 Å². The van der Waals surface area contributed by atoms with Crippen molar-refractivity contribution in [2.45, 2.75) is 16.7 Å². The second-order valence-electron chi connectivity index (χ2n) is 5.05. The number of sulfonamides is 1. The molecule has 0 aliphatic rings. The molecule has 0 saturated carbocycles. The molecule has 2 rings (SSSR count). The Hall–Kier alpha value is -2.39. The van der Waals surface area contributed by atoms with Gasteiger partial charge in [0.2, 0.25) is 0 Å². The number of anilines is 2. The van der Waals surface area contributed by atoms with Crippen LogP contribution in [0, 0.1) is 0 Å². The number of amides is 1. The monoisotopic (exact) mass is 396 g/mol. The van der Waals surface area contributed by atoms with Crippen LogP contribution in [0.5, 0.6) is 5.75 Å². The van der Waals surface area contributed by atoms with E-state index in [4.69, 9.17) is 9.47 Å². The summed E-state index contributed by atoms with van der Waals surface area (Å²) in [6.45, 7) is 1.86. The lowest BCUT2D eigenvalue weighted by atomic mass is 10.3. The van der Waals surface area contributed by atoms with Crippen molar-refractivity contribution in [2.75, 3.05) is 30.0 Å². The van der Waals surface area contributed by atoms with Gasteiger partial charge < -0.3 is 9.47 Å². The van der Waals surface area contributed by atoms with Crippen LogP contribution in [0.3, 0.4) is 0 Å². The number of carbonyl (C=O) groups excluding carboxylic acids is 1. The molecule has 2 N–H and O–H groups in total. The Balaban J connectivity index is 2.32. The number of hydrogen-bond donors (Lipinski definition) is 2. The zero-order valence-corrected chi connectivity index (χ0v) is 16.2. The zero-order valence-electron chi connectivity index (χ0n) is 14.6. The summed E-state index contributed by atoms with van der Waals surface area (Å²) >= 11 is 1.51. The van der Waals surface area contributed by atoms with Crippen LogP contribution in [0.15, 0.2) is 52.3 Å². The van der Waals surface area contributed by atoms with Gasteiger partial charge in [-0.2, -0.15) is 0 Å². The SMILES string of the molecule is CCOC(=O)Nc1cc(S(=O)(=O)Nc2cccc(SC)c2)ccc1OC. The van der Waals surface area contributed by atoms with E-state index in [-0.39, 0.29) is 17.2 Å². The summed E-state index contributed by atoms with van der Waals surface area (Å²) in [5, 5.41) is 2.48. The minimum absolute atomic E-state index is 0.0142. The lowest BCUT2D eigenvalue weighted by Gasteiger charge is -2.13. The van der Waals surface area contributed by atoms with Gasteiger partial charge in [0.1, 0.15) is 5.75 Å². The van der Waals surface area contributed by atoms with Gasteiger partial charge in [0.25, 0.3) is 10.0 Å². The topological polar surface area (TPSA) is 93.7 Å². The van der Waals surface area contributed by atoms with Gasteiger partial charge in [0.15, 0.2) is 0 Å². The highest BCUT2D eigenvalue weighted by Gasteiger charge is 2.18. The minimum Gasteiger partial charge on any atom is -0.495 e. The lowest BCUT2D eigenvalue weighted by Crippen LogP contribution is -2.16. The third-order valence-electron chi connectivity index (χ3n) is 3.32. The van der Waals surface area contributed by atoms with Crippen LogP contribution in [0.2, 0.25) is 0 Å².